The van der Waals surface area contributed by atoms with Crippen molar-refractivity contribution in [3.63, 3.8) is 0 Å². The smallest absolute Gasteiger partial charge is 0.306 e. The molecule has 0 aromatic carbocycles. The maximum absolute atomic E-state index is 12.8. The van der Waals surface area contributed by atoms with E-state index < -0.39 is 6.10 Å². The number of ether oxygens (including phenoxy) is 3. The molecule has 0 aromatic rings. The van der Waals surface area contributed by atoms with Gasteiger partial charge in [0.15, 0.2) is 6.10 Å². The zero-order valence-corrected chi connectivity index (χ0v) is 42.9. The molecule has 0 aliphatic heterocycles. The number of hydrogen-bond acceptors (Lipinski definition) is 6. The Morgan fingerprint density at radius 1 is 0.333 bits per heavy atom. The van der Waals surface area contributed by atoms with Crippen molar-refractivity contribution in [1.82, 2.24) is 0 Å². The second kappa shape index (κ2) is 53.9. The van der Waals surface area contributed by atoms with Crippen LogP contribution in [0.3, 0.4) is 0 Å². The van der Waals surface area contributed by atoms with E-state index in [4.69, 9.17) is 14.2 Å². The first-order chi connectivity index (χ1) is 32.5. The summed E-state index contributed by atoms with van der Waals surface area (Å²) >= 11 is 0. The van der Waals surface area contributed by atoms with Crippen molar-refractivity contribution in [2.24, 2.45) is 0 Å². The monoisotopic (exact) mass is 917 g/mol. The summed E-state index contributed by atoms with van der Waals surface area (Å²) in [6.45, 7) is 6.40. The van der Waals surface area contributed by atoms with Crippen molar-refractivity contribution < 1.29 is 28.6 Å². The summed E-state index contributed by atoms with van der Waals surface area (Å²) in [5.41, 5.74) is 0. The number of allylic oxidation sites excluding steroid dienone is 16. The SMILES string of the molecule is CC/C=C\C/C=C\C/C=C\CCCCCCC(=O)OCC(COC(=O)CCCCCCC\C=C/C=C\C=C/C=C\C=C/CCC)OC(=O)CCCCCCCCCCCCCCCCCC. The molecule has 0 saturated heterocycles. The molecule has 1 atom stereocenters. The number of hydrogen-bond donors (Lipinski definition) is 0. The van der Waals surface area contributed by atoms with Crippen LogP contribution in [0.4, 0.5) is 0 Å². The lowest BCUT2D eigenvalue weighted by Gasteiger charge is -2.18. The van der Waals surface area contributed by atoms with E-state index in [9.17, 15) is 14.4 Å². The van der Waals surface area contributed by atoms with Gasteiger partial charge >= 0.3 is 17.9 Å². The van der Waals surface area contributed by atoms with Gasteiger partial charge in [0, 0.05) is 19.3 Å². The zero-order chi connectivity index (χ0) is 47.9. The minimum absolute atomic E-state index is 0.0970. The van der Waals surface area contributed by atoms with Crippen LogP contribution in [0.5, 0.6) is 0 Å². The number of carbonyl (C=O) groups is 3. The Hall–Kier alpha value is -3.67. The number of unbranched alkanes of at least 4 members (excludes halogenated alkanes) is 25. The molecular weight excluding hydrogens is 817 g/mol. The number of rotatable bonds is 48. The predicted molar refractivity (Wildman–Crippen MR) is 284 cm³/mol. The molecule has 0 saturated carbocycles. The van der Waals surface area contributed by atoms with Crippen LogP contribution in [-0.2, 0) is 28.6 Å². The molecule has 0 aliphatic rings. The molecule has 0 rings (SSSR count). The van der Waals surface area contributed by atoms with Gasteiger partial charge in [-0.05, 0) is 70.6 Å². The zero-order valence-electron chi connectivity index (χ0n) is 42.9. The van der Waals surface area contributed by atoms with Gasteiger partial charge in [-0.25, -0.2) is 0 Å². The molecule has 1 unspecified atom stereocenters. The molecule has 0 aromatic heterocycles. The third-order valence-electron chi connectivity index (χ3n) is 11.4. The second-order valence-electron chi connectivity index (χ2n) is 17.9. The van der Waals surface area contributed by atoms with Crippen molar-refractivity contribution >= 4 is 17.9 Å². The Kier molecular flexibility index (Phi) is 50.9. The molecule has 6 nitrogen and oxygen atoms in total. The largest absolute Gasteiger partial charge is 0.462 e. The van der Waals surface area contributed by atoms with E-state index in [2.05, 4.69) is 93.7 Å². The van der Waals surface area contributed by atoms with Crippen LogP contribution >= 0.6 is 0 Å². The molecule has 0 bridgehead atoms. The van der Waals surface area contributed by atoms with E-state index in [1.54, 1.807) is 0 Å². The maximum atomic E-state index is 12.8. The molecule has 6 heteroatoms. The summed E-state index contributed by atoms with van der Waals surface area (Å²) in [6.07, 6.45) is 71.0. The molecular formula is C60H100O6. The van der Waals surface area contributed by atoms with Crippen molar-refractivity contribution in [3.8, 4) is 0 Å². The normalized spacial score (nSPS) is 12.8. The van der Waals surface area contributed by atoms with Crippen LogP contribution in [0.25, 0.3) is 0 Å². The van der Waals surface area contributed by atoms with Gasteiger partial charge < -0.3 is 14.2 Å². The highest BCUT2D eigenvalue weighted by atomic mass is 16.6. The fourth-order valence-corrected chi connectivity index (χ4v) is 7.37. The van der Waals surface area contributed by atoms with Crippen LogP contribution in [0.2, 0.25) is 0 Å². The highest BCUT2D eigenvalue weighted by Crippen LogP contribution is 2.15. The molecule has 0 fully saturated rings. The van der Waals surface area contributed by atoms with E-state index in [0.29, 0.717) is 19.3 Å². The Morgan fingerprint density at radius 3 is 1.12 bits per heavy atom. The van der Waals surface area contributed by atoms with E-state index in [0.717, 1.165) is 116 Å². The molecule has 0 spiro atoms. The first-order valence-electron chi connectivity index (χ1n) is 27.3. The van der Waals surface area contributed by atoms with Gasteiger partial charge in [0.1, 0.15) is 13.2 Å². The minimum Gasteiger partial charge on any atom is -0.462 e. The average Bonchev–Trinajstić information content (AvgIpc) is 3.31. The second-order valence-corrected chi connectivity index (χ2v) is 17.9. The van der Waals surface area contributed by atoms with Gasteiger partial charge in [-0.15, -0.1) is 0 Å². The van der Waals surface area contributed by atoms with Crippen molar-refractivity contribution in [1.29, 1.82) is 0 Å². The number of esters is 3. The van der Waals surface area contributed by atoms with Gasteiger partial charge in [0.2, 0.25) is 0 Å². The summed E-state index contributed by atoms with van der Waals surface area (Å²) in [4.78, 5) is 38.1. The number of carbonyl (C=O) groups excluding carboxylic acids is 3. The first-order valence-corrected chi connectivity index (χ1v) is 27.3. The summed E-state index contributed by atoms with van der Waals surface area (Å²) < 4.78 is 16.8. The highest BCUT2D eigenvalue weighted by Gasteiger charge is 2.19. The lowest BCUT2D eigenvalue weighted by Crippen LogP contribution is -2.30. The van der Waals surface area contributed by atoms with Gasteiger partial charge in [0.25, 0.3) is 0 Å². The summed E-state index contributed by atoms with van der Waals surface area (Å²) in [6, 6.07) is 0. The third-order valence-corrected chi connectivity index (χ3v) is 11.4. The molecule has 0 N–H and O–H groups in total. The quantitative estimate of drug-likeness (QED) is 0.0199. The first kappa shape index (κ1) is 62.3. The van der Waals surface area contributed by atoms with E-state index in [-0.39, 0.29) is 31.1 Å². The van der Waals surface area contributed by atoms with Crippen molar-refractivity contribution in [2.45, 2.75) is 252 Å². The van der Waals surface area contributed by atoms with Crippen LogP contribution in [0, 0.1) is 0 Å². The Morgan fingerprint density at radius 2 is 0.682 bits per heavy atom. The summed E-state index contributed by atoms with van der Waals surface area (Å²) in [5.74, 6) is -0.939. The Balaban J connectivity index is 4.47. The predicted octanol–water partition coefficient (Wildman–Crippen LogP) is 18.1. The van der Waals surface area contributed by atoms with Gasteiger partial charge in [-0.3, -0.25) is 14.4 Å². The van der Waals surface area contributed by atoms with E-state index in [1.807, 2.05) is 24.3 Å². The molecule has 0 aliphatic carbocycles. The topological polar surface area (TPSA) is 78.9 Å². The van der Waals surface area contributed by atoms with Crippen LogP contribution in [0.1, 0.15) is 245 Å². The van der Waals surface area contributed by atoms with Gasteiger partial charge in [0.05, 0.1) is 0 Å². The molecule has 0 heterocycles. The van der Waals surface area contributed by atoms with Gasteiger partial charge in [-0.2, -0.15) is 0 Å². The summed E-state index contributed by atoms with van der Waals surface area (Å²) in [5, 5.41) is 0. The van der Waals surface area contributed by atoms with Gasteiger partial charge in [-0.1, -0.05) is 253 Å². The Bertz CT molecular complexity index is 1330. The van der Waals surface area contributed by atoms with Crippen LogP contribution < -0.4 is 0 Å². The lowest BCUT2D eigenvalue weighted by molar-refractivity contribution is -0.167. The van der Waals surface area contributed by atoms with Crippen LogP contribution in [0.15, 0.2) is 97.2 Å². The van der Waals surface area contributed by atoms with Crippen LogP contribution in [-0.4, -0.2) is 37.2 Å². The van der Waals surface area contributed by atoms with Crippen molar-refractivity contribution in [3.05, 3.63) is 97.2 Å². The molecule has 0 amide bonds. The summed E-state index contributed by atoms with van der Waals surface area (Å²) in [7, 11) is 0. The van der Waals surface area contributed by atoms with Crippen molar-refractivity contribution in [2.75, 3.05) is 13.2 Å². The van der Waals surface area contributed by atoms with E-state index >= 15 is 0 Å². The maximum Gasteiger partial charge on any atom is 0.306 e. The standard InChI is InChI=1S/C60H100O6/c1-4-7-10-13-16-19-22-25-28-30-31-33-35-38-41-44-47-50-53-59(62)65-56-57(55-64-58(61)52-49-46-43-40-37-34-27-24-21-18-15-12-9-6-3)66-60(63)54-51-48-45-42-39-36-32-29-26-23-20-17-14-11-8-5-2/h9-10,12-13,16,18-19,21-22,25,27-28,30-31,33-34,57H,4-8,11,14-15,17,20,23-24,26,29,32,35-56H2,1-3H3/b12-9-,13-10-,19-16-,21-18-,25-22-,30-28-,33-31-,34-27-. The minimum atomic E-state index is -0.797. The third kappa shape index (κ3) is 51.3. The average molecular weight is 917 g/mol. The highest BCUT2D eigenvalue weighted by molar-refractivity contribution is 5.71. The molecule has 376 valence electrons. The van der Waals surface area contributed by atoms with E-state index in [1.165, 1.54) is 89.9 Å². The lowest BCUT2D eigenvalue weighted by atomic mass is 10.0. The molecule has 66 heavy (non-hydrogen) atoms. The molecule has 0 radical (unpaired) electrons. The fraction of sp³-hybridized carbons (Fsp3) is 0.683. The fourth-order valence-electron chi connectivity index (χ4n) is 7.37. The Labute approximate surface area is 407 Å².